The van der Waals surface area contributed by atoms with E-state index < -0.39 is 53.6 Å². The van der Waals surface area contributed by atoms with E-state index >= 15 is 0 Å². The Hall–Kier alpha value is 0.299. The molecule has 0 saturated carbocycles. The summed E-state index contributed by atoms with van der Waals surface area (Å²) < 4.78 is 46.8. The molecule has 0 spiro atoms. The molecule has 100 valence electrons. The minimum absolute atomic E-state index is 0.158. The van der Waals surface area contributed by atoms with Gasteiger partial charge in [0.25, 0.3) is 0 Å². The van der Waals surface area contributed by atoms with Crippen molar-refractivity contribution < 1.29 is 8.78 Å². The van der Waals surface area contributed by atoms with Gasteiger partial charge in [0.2, 0.25) is 0 Å². The summed E-state index contributed by atoms with van der Waals surface area (Å²) in [5, 5.41) is 0.317. The van der Waals surface area contributed by atoms with Crippen LogP contribution in [0.4, 0.5) is 8.78 Å². The molecule has 2 aromatic heterocycles. The first-order chi connectivity index (χ1) is 9.61. The van der Waals surface area contributed by atoms with Crippen molar-refractivity contribution in [1.82, 2.24) is 12.8 Å². The third-order valence-corrected chi connectivity index (χ3v) is 7.40. The molecule has 0 unspecified atom stereocenters. The van der Waals surface area contributed by atoms with Gasteiger partial charge >= 0.3 is 149 Å². The predicted molar refractivity (Wildman–Crippen MR) is 79.3 cm³/mol. The second-order valence-corrected chi connectivity index (χ2v) is 8.53. The van der Waals surface area contributed by atoms with E-state index in [1.165, 1.54) is 0 Å². The van der Waals surface area contributed by atoms with E-state index in [4.69, 9.17) is 0 Å². The summed E-state index contributed by atoms with van der Waals surface area (Å²) in [4.78, 5) is 0. The summed E-state index contributed by atoms with van der Waals surface area (Å²) in [6.07, 6.45) is 0. The Morgan fingerprint density at radius 2 is 1.00 bits per heavy atom. The van der Waals surface area contributed by atoms with Gasteiger partial charge in [0.1, 0.15) is 0 Å². The molecule has 0 aliphatic rings. The molecule has 4 nitrogen and oxygen atoms in total. The topological polar surface area (TPSA) is 51.6 Å². The van der Waals surface area contributed by atoms with Gasteiger partial charge in [-0.2, -0.15) is 0 Å². The maximum atomic E-state index is 14.6. The number of nitrogens with zero attached hydrogens (tertiary/aromatic N) is 4. The molecule has 4 rings (SSSR count). The molecule has 0 amide bonds. The Labute approximate surface area is 147 Å². The average molecular weight is 629 g/mol. The molecule has 0 bridgehead atoms. The first-order valence-electron chi connectivity index (χ1n) is 5.13. The van der Waals surface area contributed by atoms with Crippen LogP contribution in [-0.4, -0.2) is 54.8 Å². The number of aromatic nitrogens is 4. The van der Waals surface area contributed by atoms with E-state index in [-0.39, 0.29) is 19.7 Å². The first-order valence-corrected chi connectivity index (χ1v) is 10.9. The van der Waals surface area contributed by atoms with E-state index in [9.17, 15) is 8.78 Å². The Balaban J connectivity index is 2.49. The average Bonchev–Trinajstić information content (AvgIpc) is 3.08. The normalized spacial score (nSPS) is 12.0. The number of hydrogen-bond donors (Lipinski definition) is 0. The molecule has 2 aromatic carbocycles. The fourth-order valence-corrected chi connectivity index (χ4v) is 6.96. The molecule has 0 fully saturated rings. The van der Waals surface area contributed by atoms with Crippen LogP contribution in [0.15, 0.2) is 8.95 Å². The molecular formula is C10Br2F2N4Te2. The molecule has 0 saturated heterocycles. The van der Waals surface area contributed by atoms with Crippen molar-refractivity contribution in [3.8, 4) is 0 Å². The predicted octanol–water partition coefficient (Wildman–Crippen LogP) is 2.64. The van der Waals surface area contributed by atoms with E-state index in [0.29, 0.717) is 22.1 Å². The Morgan fingerprint density at radius 1 is 0.650 bits per heavy atom. The van der Waals surface area contributed by atoms with Crippen molar-refractivity contribution in [1.29, 1.82) is 0 Å². The zero-order chi connectivity index (χ0) is 14.0. The summed E-state index contributed by atoms with van der Waals surface area (Å²) in [6.45, 7) is 0. The van der Waals surface area contributed by atoms with E-state index in [2.05, 4.69) is 44.7 Å². The van der Waals surface area contributed by atoms with Crippen molar-refractivity contribution in [3.63, 3.8) is 0 Å². The van der Waals surface area contributed by atoms with Gasteiger partial charge in [0, 0.05) is 0 Å². The Bertz CT molecular complexity index is 931. The van der Waals surface area contributed by atoms with Gasteiger partial charge < -0.3 is 0 Å². The molecule has 20 heavy (non-hydrogen) atoms. The number of fused-ring (bicyclic) bond motifs is 5. The number of benzene rings is 2. The molecular weight excluding hydrogens is 629 g/mol. The molecule has 0 aliphatic heterocycles. The van der Waals surface area contributed by atoms with Gasteiger partial charge in [-0.15, -0.1) is 0 Å². The summed E-state index contributed by atoms with van der Waals surface area (Å²) in [5.41, 5.74) is 1.68. The summed E-state index contributed by atoms with van der Waals surface area (Å²) >= 11 is 4.45. The van der Waals surface area contributed by atoms with Crippen LogP contribution in [0.25, 0.3) is 32.8 Å². The quantitative estimate of drug-likeness (QED) is 0.281. The molecule has 10 heteroatoms. The van der Waals surface area contributed by atoms with Crippen molar-refractivity contribution >= 4 is 107 Å². The minimum atomic E-state index is -0.973. The molecule has 2 heterocycles. The van der Waals surface area contributed by atoms with Crippen LogP contribution >= 0.6 is 31.9 Å². The van der Waals surface area contributed by atoms with Gasteiger partial charge in [-0.1, -0.05) is 0 Å². The van der Waals surface area contributed by atoms with Crippen LogP contribution in [0.3, 0.4) is 0 Å². The maximum absolute atomic E-state index is 14.6. The molecule has 0 atom stereocenters. The zero-order valence-corrected chi connectivity index (χ0v) is 16.9. The Kier molecular flexibility index (Phi) is 3.42. The second-order valence-electron chi connectivity index (χ2n) is 3.93. The van der Waals surface area contributed by atoms with Crippen molar-refractivity contribution in [2.24, 2.45) is 0 Å². The van der Waals surface area contributed by atoms with Crippen LogP contribution in [-0.2, 0) is 0 Å². The summed E-state index contributed by atoms with van der Waals surface area (Å²) in [5.74, 6) is -1.08. The monoisotopic (exact) mass is 632 g/mol. The van der Waals surface area contributed by atoms with Crippen molar-refractivity contribution in [2.75, 3.05) is 0 Å². The molecule has 4 aromatic rings. The van der Waals surface area contributed by atoms with Crippen LogP contribution in [0, 0.1) is 11.6 Å². The van der Waals surface area contributed by atoms with E-state index in [0.717, 1.165) is 0 Å². The SMILES string of the molecule is Fc1c(Br)c2n[te]nc2c2c(F)c(Br)c3n[te]nc3c12. The third kappa shape index (κ3) is 1.73. The van der Waals surface area contributed by atoms with E-state index in [1.807, 2.05) is 0 Å². The molecule has 0 N–H and O–H groups in total. The van der Waals surface area contributed by atoms with Gasteiger partial charge in [-0.3, -0.25) is 0 Å². The van der Waals surface area contributed by atoms with Crippen molar-refractivity contribution in [2.45, 2.75) is 0 Å². The number of rotatable bonds is 0. The van der Waals surface area contributed by atoms with Gasteiger partial charge in [-0.25, -0.2) is 0 Å². The first kappa shape index (κ1) is 13.9. The van der Waals surface area contributed by atoms with Crippen LogP contribution in [0.5, 0.6) is 0 Å². The van der Waals surface area contributed by atoms with Crippen LogP contribution < -0.4 is 0 Å². The van der Waals surface area contributed by atoms with Gasteiger partial charge in [-0.05, 0) is 0 Å². The fourth-order valence-electron chi connectivity index (χ4n) is 2.08. The van der Waals surface area contributed by atoms with Crippen LogP contribution in [0.1, 0.15) is 0 Å². The number of halogens is 4. The Morgan fingerprint density at radius 3 is 1.40 bits per heavy atom. The summed E-state index contributed by atoms with van der Waals surface area (Å²) in [6, 6.07) is 0. The second kappa shape index (κ2) is 4.90. The molecule has 0 aliphatic carbocycles. The van der Waals surface area contributed by atoms with Crippen LogP contribution in [0.2, 0.25) is 0 Å². The summed E-state index contributed by atoms with van der Waals surface area (Å²) in [7, 11) is 0. The fraction of sp³-hybridized carbons (Fsp3) is 0. The van der Waals surface area contributed by atoms with Gasteiger partial charge in [0.05, 0.1) is 0 Å². The standard InChI is InChI=1S/C10Br2F2N4Te2/c11-3-5(13)1-2(8-10(3)18-20-16-8)6(14)4(12)9-7(1)15-19-17-9. The molecule has 0 radical (unpaired) electrons. The zero-order valence-electron chi connectivity index (χ0n) is 9.12. The van der Waals surface area contributed by atoms with E-state index in [1.54, 1.807) is 0 Å². The van der Waals surface area contributed by atoms with Crippen molar-refractivity contribution in [3.05, 3.63) is 20.6 Å². The third-order valence-electron chi connectivity index (χ3n) is 2.94. The number of hydrogen-bond acceptors (Lipinski definition) is 4. The van der Waals surface area contributed by atoms with Gasteiger partial charge in [0.15, 0.2) is 0 Å².